The molecule has 2 fully saturated rings. The summed E-state index contributed by atoms with van der Waals surface area (Å²) in [7, 11) is 0. The molecule has 2 atom stereocenters. The van der Waals surface area contributed by atoms with Gasteiger partial charge in [-0.15, -0.1) is 0 Å². The summed E-state index contributed by atoms with van der Waals surface area (Å²) >= 11 is 0. The predicted molar refractivity (Wildman–Crippen MR) is 112 cm³/mol. The summed E-state index contributed by atoms with van der Waals surface area (Å²) in [4.78, 5) is 32.0. The van der Waals surface area contributed by atoms with Crippen molar-refractivity contribution in [1.82, 2.24) is 9.55 Å². The minimum absolute atomic E-state index is 0.0158. The molecule has 8 heteroatoms. The van der Waals surface area contributed by atoms with Crippen LogP contribution in [0.1, 0.15) is 43.1 Å². The number of carbonyl (C=O) groups is 1. The van der Waals surface area contributed by atoms with Crippen LogP contribution in [0, 0.1) is 5.82 Å². The summed E-state index contributed by atoms with van der Waals surface area (Å²) < 4.78 is 21.8. The van der Waals surface area contributed by atoms with Crippen LogP contribution >= 0.6 is 0 Å². The standard InChI is InChI=1S/C22H23FN4O3/c1-3-30-22(29)15-9-27(13-4-5-13)21-14(20(15)28)6-12-7-16(23)19(8-18(12)25-21)26-10-17(24)11(26)2/h6-9,11,13,17H,3-5,10,24H2,1-2H3/t11-,17+/m0/s1. The van der Waals surface area contributed by atoms with Crippen LogP contribution in [0.2, 0.25) is 0 Å². The molecule has 1 aromatic carbocycles. The molecule has 3 heterocycles. The van der Waals surface area contributed by atoms with Crippen molar-refractivity contribution in [3.63, 3.8) is 0 Å². The first kappa shape index (κ1) is 19.0. The molecule has 2 aromatic heterocycles. The first-order valence-corrected chi connectivity index (χ1v) is 10.3. The Balaban J connectivity index is 1.72. The number of anilines is 1. The number of benzene rings is 1. The van der Waals surface area contributed by atoms with Crippen LogP contribution in [0.5, 0.6) is 0 Å². The number of carbonyl (C=O) groups excluding carboxylic acids is 1. The zero-order valence-electron chi connectivity index (χ0n) is 16.9. The van der Waals surface area contributed by atoms with E-state index >= 15 is 0 Å². The number of pyridine rings is 2. The molecule has 0 spiro atoms. The number of fused-ring (bicyclic) bond motifs is 2. The van der Waals surface area contributed by atoms with Gasteiger partial charge in [0.25, 0.3) is 0 Å². The lowest BCUT2D eigenvalue weighted by Gasteiger charge is -2.46. The third-order valence-electron chi connectivity index (χ3n) is 6.13. The lowest BCUT2D eigenvalue weighted by molar-refractivity contribution is 0.0524. The van der Waals surface area contributed by atoms with E-state index in [2.05, 4.69) is 0 Å². The molecule has 2 aliphatic rings. The number of rotatable bonds is 4. The monoisotopic (exact) mass is 410 g/mol. The molecule has 1 saturated heterocycles. The summed E-state index contributed by atoms with van der Waals surface area (Å²) in [6.07, 6.45) is 3.47. The summed E-state index contributed by atoms with van der Waals surface area (Å²) in [5, 5.41) is 0.813. The highest BCUT2D eigenvalue weighted by molar-refractivity contribution is 5.97. The van der Waals surface area contributed by atoms with Gasteiger partial charge in [0.15, 0.2) is 0 Å². The summed E-state index contributed by atoms with van der Waals surface area (Å²) in [6.45, 7) is 4.43. The summed E-state index contributed by atoms with van der Waals surface area (Å²) in [5.41, 5.74) is 7.08. The van der Waals surface area contributed by atoms with Crippen molar-refractivity contribution < 1.29 is 13.9 Å². The van der Waals surface area contributed by atoms with E-state index < -0.39 is 11.4 Å². The molecule has 0 radical (unpaired) electrons. The molecule has 1 aliphatic heterocycles. The highest BCUT2D eigenvalue weighted by Gasteiger charge is 2.34. The van der Waals surface area contributed by atoms with Crippen LogP contribution in [0.4, 0.5) is 10.1 Å². The van der Waals surface area contributed by atoms with Crippen molar-refractivity contribution in [3.05, 3.63) is 46.0 Å². The van der Waals surface area contributed by atoms with Crippen molar-refractivity contribution >= 4 is 33.6 Å². The minimum Gasteiger partial charge on any atom is -0.462 e. The van der Waals surface area contributed by atoms with Gasteiger partial charge < -0.3 is 19.9 Å². The van der Waals surface area contributed by atoms with E-state index in [-0.39, 0.29) is 36.1 Å². The maximum absolute atomic E-state index is 14.8. The lowest BCUT2D eigenvalue weighted by Crippen LogP contribution is -2.63. The quantitative estimate of drug-likeness (QED) is 0.525. The average molecular weight is 410 g/mol. The van der Waals surface area contributed by atoms with E-state index in [0.29, 0.717) is 34.2 Å². The van der Waals surface area contributed by atoms with Crippen LogP contribution in [-0.2, 0) is 4.74 Å². The zero-order chi connectivity index (χ0) is 21.2. The number of halogens is 1. The van der Waals surface area contributed by atoms with Gasteiger partial charge >= 0.3 is 5.97 Å². The Kier molecular flexibility index (Phi) is 4.28. The topological polar surface area (TPSA) is 90.5 Å². The maximum atomic E-state index is 14.8. The van der Waals surface area contributed by atoms with Crippen molar-refractivity contribution in [2.45, 2.75) is 44.8 Å². The number of nitrogens with zero attached hydrogens (tertiary/aromatic N) is 3. The molecular formula is C22H23FN4O3. The van der Waals surface area contributed by atoms with Gasteiger partial charge in [0, 0.05) is 36.3 Å². The first-order chi connectivity index (χ1) is 14.4. The van der Waals surface area contributed by atoms with E-state index in [1.807, 2.05) is 16.4 Å². The number of ether oxygens (including phenoxy) is 1. The normalized spacial score (nSPS) is 21.1. The van der Waals surface area contributed by atoms with Crippen LogP contribution in [0.3, 0.4) is 0 Å². The lowest BCUT2D eigenvalue weighted by atomic mass is 9.97. The van der Waals surface area contributed by atoms with Gasteiger partial charge in [-0.25, -0.2) is 14.2 Å². The minimum atomic E-state index is -0.650. The number of hydrogen-bond acceptors (Lipinski definition) is 6. The SMILES string of the molecule is CCOC(=O)c1cn(C2CC2)c2nc3cc(N4C[C@@H](N)[C@@H]4C)c(F)cc3cc2c1=O. The summed E-state index contributed by atoms with van der Waals surface area (Å²) in [6, 6.07) is 5.00. The molecule has 1 saturated carbocycles. The van der Waals surface area contributed by atoms with Crippen LogP contribution in [0.25, 0.3) is 21.9 Å². The molecule has 3 aromatic rings. The first-order valence-electron chi connectivity index (χ1n) is 10.3. The van der Waals surface area contributed by atoms with Gasteiger partial charge in [-0.3, -0.25) is 4.79 Å². The Labute approximate surface area is 172 Å². The van der Waals surface area contributed by atoms with E-state index in [1.165, 1.54) is 6.07 Å². The fraction of sp³-hybridized carbons (Fsp3) is 0.409. The van der Waals surface area contributed by atoms with Gasteiger partial charge in [0.2, 0.25) is 5.43 Å². The Morgan fingerprint density at radius 1 is 1.33 bits per heavy atom. The van der Waals surface area contributed by atoms with E-state index in [9.17, 15) is 14.0 Å². The van der Waals surface area contributed by atoms with Crippen LogP contribution in [0.15, 0.2) is 29.2 Å². The molecule has 0 unspecified atom stereocenters. The van der Waals surface area contributed by atoms with Crippen molar-refractivity contribution in [2.75, 3.05) is 18.1 Å². The number of nitrogens with two attached hydrogens (primary N) is 1. The highest BCUT2D eigenvalue weighted by atomic mass is 19.1. The third-order valence-corrected chi connectivity index (χ3v) is 6.13. The Morgan fingerprint density at radius 3 is 2.73 bits per heavy atom. The van der Waals surface area contributed by atoms with E-state index in [4.69, 9.17) is 15.5 Å². The summed E-state index contributed by atoms with van der Waals surface area (Å²) in [5.74, 6) is -1.03. The fourth-order valence-electron chi connectivity index (χ4n) is 4.10. The van der Waals surface area contributed by atoms with Gasteiger partial charge in [-0.2, -0.15) is 0 Å². The van der Waals surface area contributed by atoms with Crippen LogP contribution < -0.4 is 16.1 Å². The molecule has 5 rings (SSSR count). The van der Waals surface area contributed by atoms with Crippen molar-refractivity contribution in [2.24, 2.45) is 5.73 Å². The Bertz CT molecular complexity index is 1250. The molecule has 1 aliphatic carbocycles. The molecule has 0 amide bonds. The Hall–Kier alpha value is -3.00. The second-order valence-electron chi connectivity index (χ2n) is 8.14. The molecule has 156 valence electrons. The van der Waals surface area contributed by atoms with E-state index in [1.54, 1.807) is 25.3 Å². The zero-order valence-corrected chi connectivity index (χ0v) is 16.9. The van der Waals surface area contributed by atoms with Gasteiger partial charge in [0.1, 0.15) is 17.0 Å². The molecule has 0 bridgehead atoms. The maximum Gasteiger partial charge on any atom is 0.343 e. The number of esters is 1. The highest BCUT2D eigenvalue weighted by Crippen LogP contribution is 2.38. The largest absolute Gasteiger partial charge is 0.462 e. The fourth-order valence-corrected chi connectivity index (χ4v) is 4.10. The van der Waals surface area contributed by atoms with Crippen molar-refractivity contribution in [3.8, 4) is 0 Å². The third kappa shape index (κ3) is 2.86. The molecule has 2 N–H and O–H groups in total. The number of hydrogen-bond donors (Lipinski definition) is 1. The molecular weight excluding hydrogens is 387 g/mol. The second-order valence-corrected chi connectivity index (χ2v) is 8.14. The van der Waals surface area contributed by atoms with Crippen LogP contribution in [-0.4, -0.2) is 40.8 Å². The molecule has 7 nitrogen and oxygen atoms in total. The number of aromatic nitrogens is 2. The predicted octanol–water partition coefficient (Wildman–Crippen LogP) is 2.74. The van der Waals surface area contributed by atoms with Crippen molar-refractivity contribution in [1.29, 1.82) is 0 Å². The second kappa shape index (κ2) is 6.77. The van der Waals surface area contributed by atoms with Gasteiger partial charge in [0.05, 0.1) is 23.2 Å². The van der Waals surface area contributed by atoms with Gasteiger partial charge in [-0.1, -0.05) is 0 Å². The average Bonchev–Trinajstić information content (AvgIpc) is 3.56. The van der Waals surface area contributed by atoms with Gasteiger partial charge in [-0.05, 0) is 44.9 Å². The Morgan fingerprint density at radius 2 is 2.10 bits per heavy atom. The van der Waals surface area contributed by atoms with E-state index in [0.717, 1.165) is 12.8 Å². The smallest absolute Gasteiger partial charge is 0.343 e. The molecule has 30 heavy (non-hydrogen) atoms.